The molecule has 2 aliphatic rings. The molecule has 0 radical (unpaired) electrons. The van der Waals surface area contributed by atoms with Crippen LogP contribution >= 0.6 is 0 Å². The highest BCUT2D eigenvalue weighted by molar-refractivity contribution is 6.17. The summed E-state index contributed by atoms with van der Waals surface area (Å²) >= 11 is 0. The van der Waals surface area contributed by atoms with Gasteiger partial charge in [0.2, 0.25) is 5.78 Å². The van der Waals surface area contributed by atoms with E-state index < -0.39 is 5.78 Å². The fourth-order valence-electron chi connectivity index (χ4n) is 5.07. The van der Waals surface area contributed by atoms with E-state index in [1.54, 1.807) is 6.08 Å². The van der Waals surface area contributed by atoms with Gasteiger partial charge in [0, 0.05) is 79.8 Å². The Bertz CT molecular complexity index is 1550. The number of aromatic nitrogens is 2. The number of pyridine rings is 1. The maximum absolute atomic E-state index is 13.0. The van der Waals surface area contributed by atoms with E-state index in [1.807, 2.05) is 54.3 Å². The first-order valence-corrected chi connectivity index (χ1v) is 12.6. The molecule has 194 valence electrons. The lowest BCUT2D eigenvalue weighted by molar-refractivity contribution is 0.0398. The van der Waals surface area contributed by atoms with Crippen LogP contribution in [-0.4, -0.2) is 69.8 Å². The zero-order valence-corrected chi connectivity index (χ0v) is 21.0. The van der Waals surface area contributed by atoms with Crippen LogP contribution in [0, 0.1) is 0 Å². The Labute approximate surface area is 219 Å². The molecule has 0 bridgehead atoms. The Morgan fingerprint density at radius 3 is 2.76 bits per heavy atom. The number of ether oxygens (including phenoxy) is 2. The predicted octanol–water partition coefficient (Wildman–Crippen LogP) is 4.01. The number of allylic oxidation sites excluding steroid dienone is 1. The van der Waals surface area contributed by atoms with Crippen molar-refractivity contribution in [3.63, 3.8) is 0 Å². The number of phenolic OH excluding ortho intramolecular Hbond substituents is 2. The number of hydrogen-bond donors (Lipinski definition) is 3. The van der Waals surface area contributed by atoms with Crippen LogP contribution in [0.25, 0.3) is 28.1 Å². The molecule has 9 heteroatoms. The fourth-order valence-corrected chi connectivity index (χ4v) is 5.07. The van der Waals surface area contributed by atoms with E-state index in [9.17, 15) is 15.0 Å². The van der Waals surface area contributed by atoms with Crippen LogP contribution in [0.2, 0.25) is 0 Å². The number of nitrogens with zero attached hydrogens (tertiary/aromatic N) is 3. The van der Waals surface area contributed by atoms with Crippen molar-refractivity contribution in [3.8, 4) is 28.4 Å². The number of hydrogen-bond acceptors (Lipinski definition) is 8. The second-order valence-electron chi connectivity index (χ2n) is 9.49. The average molecular weight is 513 g/mol. The van der Waals surface area contributed by atoms with E-state index in [0.29, 0.717) is 0 Å². The molecule has 2 aliphatic heterocycles. The van der Waals surface area contributed by atoms with Gasteiger partial charge in [-0.15, -0.1) is 0 Å². The van der Waals surface area contributed by atoms with Gasteiger partial charge in [0.15, 0.2) is 5.76 Å². The van der Waals surface area contributed by atoms with Gasteiger partial charge in [0.05, 0.1) is 13.2 Å². The second-order valence-corrected chi connectivity index (χ2v) is 9.49. The molecule has 0 aliphatic carbocycles. The summed E-state index contributed by atoms with van der Waals surface area (Å²) in [5.74, 6) is 0.129. The molecular formula is C29H28N4O5. The number of fused-ring (bicyclic) bond motifs is 2. The summed E-state index contributed by atoms with van der Waals surface area (Å²) in [5, 5.41) is 24.3. The van der Waals surface area contributed by atoms with E-state index in [4.69, 9.17) is 9.47 Å². The van der Waals surface area contributed by atoms with E-state index in [-0.39, 0.29) is 28.6 Å². The van der Waals surface area contributed by atoms with Crippen molar-refractivity contribution < 1.29 is 24.5 Å². The van der Waals surface area contributed by atoms with Gasteiger partial charge in [-0.3, -0.25) is 9.69 Å². The van der Waals surface area contributed by atoms with Crippen molar-refractivity contribution in [2.75, 3.05) is 44.7 Å². The first-order valence-electron chi connectivity index (χ1n) is 12.6. The van der Waals surface area contributed by atoms with Crippen LogP contribution in [0.1, 0.15) is 15.9 Å². The first-order chi connectivity index (χ1) is 18.5. The number of carbonyl (C=O) groups is 1. The van der Waals surface area contributed by atoms with Crippen LogP contribution in [0.5, 0.6) is 17.2 Å². The Morgan fingerprint density at radius 1 is 1.13 bits per heavy atom. The normalized spacial score (nSPS) is 16.7. The van der Waals surface area contributed by atoms with Crippen LogP contribution in [0.3, 0.4) is 0 Å². The summed E-state index contributed by atoms with van der Waals surface area (Å²) in [5.41, 5.74) is 3.77. The van der Waals surface area contributed by atoms with E-state index in [2.05, 4.69) is 15.2 Å². The van der Waals surface area contributed by atoms with Gasteiger partial charge < -0.3 is 29.6 Å². The number of benzene rings is 2. The minimum absolute atomic E-state index is 0.0513. The smallest absolute Gasteiger partial charge is 0.235 e. The topological polar surface area (TPSA) is 109 Å². The maximum atomic E-state index is 13.0. The van der Waals surface area contributed by atoms with Gasteiger partial charge in [-0.25, -0.2) is 4.98 Å². The first kappa shape index (κ1) is 24.0. The van der Waals surface area contributed by atoms with Crippen LogP contribution in [0.4, 0.5) is 5.82 Å². The molecule has 0 unspecified atom stereocenters. The lowest BCUT2D eigenvalue weighted by atomic mass is 9.99. The van der Waals surface area contributed by atoms with Crippen LogP contribution in [-0.2, 0) is 11.8 Å². The Hall–Kier alpha value is -4.34. The molecule has 2 aromatic carbocycles. The Kier molecular flexibility index (Phi) is 6.22. The largest absolute Gasteiger partial charge is 0.508 e. The highest BCUT2D eigenvalue weighted by atomic mass is 16.5. The van der Waals surface area contributed by atoms with E-state index in [0.717, 1.165) is 78.9 Å². The third kappa shape index (κ3) is 4.46. The number of morpholine rings is 1. The molecular weight excluding hydrogens is 484 g/mol. The van der Waals surface area contributed by atoms with Crippen molar-refractivity contribution in [2.45, 2.75) is 0 Å². The number of aromatic hydroxyl groups is 2. The summed E-state index contributed by atoms with van der Waals surface area (Å²) < 4.78 is 13.1. The summed E-state index contributed by atoms with van der Waals surface area (Å²) in [6.07, 6.45) is 5.47. The molecule has 3 N–H and O–H groups in total. The molecule has 0 amide bonds. The second kappa shape index (κ2) is 9.85. The summed E-state index contributed by atoms with van der Waals surface area (Å²) in [6, 6.07) is 12.5. The number of phenols is 2. The molecule has 0 saturated carbocycles. The highest BCUT2D eigenvalue weighted by Gasteiger charge is 2.31. The Morgan fingerprint density at radius 2 is 1.97 bits per heavy atom. The number of aryl methyl sites for hydroxylation is 1. The van der Waals surface area contributed by atoms with Crippen molar-refractivity contribution >= 4 is 28.6 Å². The lowest BCUT2D eigenvalue weighted by Gasteiger charge is -2.26. The van der Waals surface area contributed by atoms with Crippen LogP contribution in [0.15, 0.2) is 60.6 Å². The van der Waals surface area contributed by atoms with Gasteiger partial charge >= 0.3 is 0 Å². The number of anilines is 1. The highest BCUT2D eigenvalue weighted by Crippen LogP contribution is 2.41. The molecule has 9 nitrogen and oxygen atoms in total. The number of Topliss-reactive ketones (excluding diaryl/α,β-unsaturated/α-hetero) is 1. The van der Waals surface area contributed by atoms with Crippen molar-refractivity contribution in [3.05, 3.63) is 71.7 Å². The third-order valence-electron chi connectivity index (χ3n) is 6.98. The predicted molar refractivity (Wildman–Crippen MR) is 145 cm³/mol. The number of rotatable bonds is 6. The van der Waals surface area contributed by atoms with Gasteiger partial charge in [0.25, 0.3) is 0 Å². The molecule has 2 aromatic heterocycles. The number of nitrogens with one attached hydrogen (secondary N) is 1. The van der Waals surface area contributed by atoms with Crippen molar-refractivity contribution in [2.24, 2.45) is 7.05 Å². The molecule has 0 spiro atoms. The van der Waals surface area contributed by atoms with Crippen LogP contribution < -0.4 is 10.1 Å². The summed E-state index contributed by atoms with van der Waals surface area (Å²) in [4.78, 5) is 20.0. The number of ketones is 1. The minimum Gasteiger partial charge on any atom is -0.508 e. The van der Waals surface area contributed by atoms with Gasteiger partial charge in [-0.1, -0.05) is 12.1 Å². The average Bonchev–Trinajstić information content (AvgIpc) is 3.41. The summed E-state index contributed by atoms with van der Waals surface area (Å²) in [7, 11) is 1.95. The lowest BCUT2D eigenvalue weighted by Crippen LogP contribution is -2.39. The van der Waals surface area contributed by atoms with Gasteiger partial charge in [0.1, 0.15) is 28.6 Å². The minimum atomic E-state index is -0.429. The Balaban J connectivity index is 1.28. The molecule has 38 heavy (non-hydrogen) atoms. The third-order valence-corrected chi connectivity index (χ3v) is 6.98. The fraction of sp³-hybridized carbons (Fsp3) is 0.241. The van der Waals surface area contributed by atoms with E-state index >= 15 is 0 Å². The molecule has 0 atom stereocenters. The zero-order valence-electron chi connectivity index (χ0n) is 21.0. The van der Waals surface area contributed by atoms with E-state index in [1.165, 1.54) is 6.07 Å². The standard InChI is InChI=1S/C29H28N4O5/c1-32-17-19(13-25-29(36)28-23(35)14-20(34)15-24(28)38-25)27-21(3-2-4-22(27)32)18-5-6-26(31-16-18)30-7-8-33-9-11-37-12-10-33/h2-6,13-17,34-35H,7-12H2,1H3,(H,30,31)/b25-13-. The van der Waals surface area contributed by atoms with Gasteiger partial charge in [-0.05, 0) is 29.8 Å². The van der Waals surface area contributed by atoms with Crippen molar-refractivity contribution in [1.82, 2.24) is 14.5 Å². The quantitative estimate of drug-likeness (QED) is 0.333. The maximum Gasteiger partial charge on any atom is 0.235 e. The SMILES string of the molecule is Cn1cc(/C=C2\Oc3cc(O)cc(O)c3C2=O)c2c(-c3ccc(NCCN4CCOCC4)nc3)cccc21. The zero-order chi connectivity index (χ0) is 26.2. The number of carbonyl (C=O) groups excluding carboxylic acids is 1. The molecule has 4 heterocycles. The molecule has 1 saturated heterocycles. The molecule has 6 rings (SSSR count). The molecule has 1 fully saturated rings. The molecule has 4 aromatic rings. The monoisotopic (exact) mass is 512 g/mol. The summed E-state index contributed by atoms with van der Waals surface area (Å²) in [6.45, 7) is 5.24. The van der Waals surface area contributed by atoms with Gasteiger partial charge in [-0.2, -0.15) is 0 Å². The van der Waals surface area contributed by atoms with Crippen molar-refractivity contribution in [1.29, 1.82) is 0 Å².